The van der Waals surface area contributed by atoms with E-state index in [1.807, 2.05) is 0 Å². The Morgan fingerprint density at radius 1 is 1.57 bits per heavy atom. The van der Waals surface area contributed by atoms with E-state index < -0.39 is 0 Å². The molecule has 3 heteroatoms. The van der Waals surface area contributed by atoms with Crippen LogP contribution in [0.15, 0.2) is 0 Å². The van der Waals surface area contributed by atoms with E-state index in [1.165, 1.54) is 6.42 Å². The van der Waals surface area contributed by atoms with Crippen LogP contribution in [0.25, 0.3) is 0 Å². The van der Waals surface area contributed by atoms with Gasteiger partial charge in [-0.1, -0.05) is 13.8 Å². The number of Topliss-reactive ketones (excluding diaryl/α,β-unsaturated/α-hetero) is 1. The fourth-order valence-electron chi connectivity index (χ4n) is 2.07. The zero-order valence-corrected chi connectivity index (χ0v) is 9.55. The molecule has 0 spiro atoms. The largest absolute Gasteiger partial charge is 0.314 e. The molecule has 0 radical (unpaired) electrons. The average molecular weight is 198 g/mol. The quantitative estimate of drug-likeness (QED) is 0.728. The molecule has 1 N–H and O–H groups in total. The summed E-state index contributed by atoms with van der Waals surface area (Å²) in [5.74, 6) is 0.981. The van der Waals surface area contributed by atoms with E-state index in [0.717, 1.165) is 19.6 Å². The monoisotopic (exact) mass is 198 g/mol. The van der Waals surface area contributed by atoms with Gasteiger partial charge in [0, 0.05) is 25.7 Å². The summed E-state index contributed by atoms with van der Waals surface area (Å²) in [6.07, 6.45) is 1.18. The second-order valence-corrected chi connectivity index (χ2v) is 4.66. The Morgan fingerprint density at radius 2 is 2.29 bits per heavy atom. The summed E-state index contributed by atoms with van der Waals surface area (Å²) < 4.78 is 0. The lowest BCUT2D eigenvalue weighted by atomic mass is 10.0. The maximum Gasteiger partial charge on any atom is 0.143 e. The molecular formula is C11H22N2O. The molecule has 1 fully saturated rings. The third-order valence-corrected chi connectivity index (χ3v) is 2.64. The molecule has 1 unspecified atom stereocenters. The van der Waals surface area contributed by atoms with Crippen molar-refractivity contribution in [2.24, 2.45) is 5.92 Å². The van der Waals surface area contributed by atoms with E-state index in [0.29, 0.717) is 18.5 Å². The Morgan fingerprint density at radius 3 is 2.86 bits per heavy atom. The zero-order valence-electron chi connectivity index (χ0n) is 9.55. The minimum atomic E-state index is 0.278. The van der Waals surface area contributed by atoms with Gasteiger partial charge in [0.15, 0.2) is 0 Å². The van der Waals surface area contributed by atoms with E-state index in [4.69, 9.17) is 0 Å². The summed E-state index contributed by atoms with van der Waals surface area (Å²) in [5, 5.41) is 3.39. The van der Waals surface area contributed by atoms with Crippen LogP contribution in [0, 0.1) is 5.92 Å². The van der Waals surface area contributed by atoms with Crippen molar-refractivity contribution in [3.05, 3.63) is 0 Å². The molecule has 0 saturated carbocycles. The fraction of sp³-hybridized carbons (Fsp3) is 0.909. The minimum Gasteiger partial charge on any atom is -0.314 e. The lowest BCUT2D eigenvalue weighted by molar-refractivity contribution is -0.119. The molecule has 0 bridgehead atoms. The third-order valence-electron chi connectivity index (χ3n) is 2.64. The Balaban J connectivity index is 2.45. The predicted octanol–water partition coefficient (Wildman–Crippen LogP) is 0.895. The first-order valence-electron chi connectivity index (χ1n) is 5.53. The lowest BCUT2D eigenvalue weighted by Gasteiger charge is -2.36. The van der Waals surface area contributed by atoms with Crippen molar-refractivity contribution in [3.63, 3.8) is 0 Å². The van der Waals surface area contributed by atoms with Gasteiger partial charge in [0.1, 0.15) is 5.78 Å². The van der Waals surface area contributed by atoms with Crippen LogP contribution in [-0.2, 0) is 4.79 Å². The number of carbonyl (C=O) groups excluding carboxylic acids is 1. The molecule has 14 heavy (non-hydrogen) atoms. The van der Waals surface area contributed by atoms with E-state index in [2.05, 4.69) is 24.1 Å². The van der Waals surface area contributed by atoms with E-state index in [-0.39, 0.29) is 5.78 Å². The van der Waals surface area contributed by atoms with Crippen LogP contribution < -0.4 is 5.32 Å². The highest BCUT2D eigenvalue weighted by Gasteiger charge is 2.23. The Bertz CT molecular complexity index is 192. The van der Waals surface area contributed by atoms with Crippen molar-refractivity contribution in [1.29, 1.82) is 0 Å². The molecule has 1 atom stereocenters. The van der Waals surface area contributed by atoms with Crippen molar-refractivity contribution in [1.82, 2.24) is 10.2 Å². The number of rotatable bonds is 4. The van der Waals surface area contributed by atoms with E-state index in [9.17, 15) is 4.79 Å². The zero-order chi connectivity index (χ0) is 10.6. The molecule has 1 rings (SSSR count). The van der Waals surface area contributed by atoms with Gasteiger partial charge in [0.2, 0.25) is 0 Å². The standard InChI is InChI=1S/C11H22N2O/c1-9(2)6-11-7-12-4-5-13(11)8-10(3)14/h9,11-12H,4-8H2,1-3H3. The fourth-order valence-corrected chi connectivity index (χ4v) is 2.07. The van der Waals surface area contributed by atoms with Crippen LogP contribution in [0.4, 0.5) is 0 Å². The summed E-state index contributed by atoms with van der Waals surface area (Å²) in [6, 6.07) is 0.549. The number of piperazine rings is 1. The molecule has 0 aliphatic carbocycles. The lowest BCUT2D eigenvalue weighted by Crippen LogP contribution is -2.52. The Hall–Kier alpha value is -0.410. The number of nitrogens with one attached hydrogen (secondary N) is 1. The van der Waals surface area contributed by atoms with Crippen molar-refractivity contribution in [3.8, 4) is 0 Å². The number of ketones is 1. The molecule has 0 aromatic carbocycles. The smallest absolute Gasteiger partial charge is 0.143 e. The van der Waals surface area contributed by atoms with Gasteiger partial charge in [-0.05, 0) is 19.3 Å². The van der Waals surface area contributed by atoms with Crippen molar-refractivity contribution < 1.29 is 4.79 Å². The predicted molar refractivity (Wildman–Crippen MR) is 58.4 cm³/mol. The average Bonchev–Trinajstić information content (AvgIpc) is 2.06. The second-order valence-electron chi connectivity index (χ2n) is 4.66. The molecule has 1 saturated heterocycles. The molecule has 0 aromatic rings. The number of carbonyl (C=O) groups is 1. The Kier molecular flexibility index (Phi) is 4.55. The van der Waals surface area contributed by atoms with Crippen molar-refractivity contribution in [2.75, 3.05) is 26.2 Å². The SMILES string of the molecule is CC(=O)CN1CCNCC1CC(C)C. The number of hydrogen-bond acceptors (Lipinski definition) is 3. The van der Waals surface area contributed by atoms with Crippen LogP contribution >= 0.6 is 0 Å². The van der Waals surface area contributed by atoms with Gasteiger partial charge in [-0.3, -0.25) is 9.69 Å². The summed E-state index contributed by atoms with van der Waals surface area (Å²) in [6.45, 7) is 9.83. The molecule has 1 aliphatic rings. The van der Waals surface area contributed by atoms with Crippen LogP contribution in [-0.4, -0.2) is 42.9 Å². The first kappa shape index (κ1) is 11.7. The van der Waals surface area contributed by atoms with Crippen LogP contribution in [0.1, 0.15) is 27.2 Å². The highest BCUT2D eigenvalue weighted by atomic mass is 16.1. The number of hydrogen-bond donors (Lipinski definition) is 1. The molecule has 82 valence electrons. The van der Waals surface area contributed by atoms with Gasteiger partial charge < -0.3 is 5.32 Å². The number of nitrogens with zero attached hydrogens (tertiary/aromatic N) is 1. The third kappa shape index (κ3) is 3.76. The minimum absolute atomic E-state index is 0.278. The second kappa shape index (κ2) is 5.47. The van der Waals surface area contributed by atoms with E-state index in [1.54, 1.807) is 6.92 Å². The molecule has 0 aromatic heterocycles. The molecule has 0 amide bonds. The van der Waals surface area contributed by atoms with Crippen molar-refractivity contribution >= 4 is 5.78 Å². The highest BCUT2D eigenvalue weighted by Crippen LogP contribution is 2.12. The molecule has 1 aliphatic heterocycles. The van der Waals surface area contributed by atoms with Gasteiger partial charge in [-0.15, -0.1) is 0 Å². The molecule has 1 heterocycles. The van der Waals surface area contributed by atoms with Gasteiger partial charge in [0.05, 0.1) is 6.54 Å². The first-order valence-corrected chi connectivity index (χ1v) is 5.53. The molecular weight excluding hydrogens is 176 g/mol. The van der Waals surface area contributed by atoms with Gasteiger partial charge in [0.25, 0.3) is 0 Å². The summed E-state index contributed by atoms with van der Waals surface area (Å²) in [5.41, 5.74) is 0. The maximum absolute atomic E-state index is 11.1. The first-order chi connectivity index (χ1) is 6.59. The maximum atomic E-state index is 11.1. The van der Waals surface area contributed by atoms with Gasteiger partial charge >= 0.3 is 0 Å². The van der Waals surface area contributed by atoms with Gasteiger partial charge in [-0.25, -0.2) is 0 Å². The van der Waals surface area contributed by atoms with Gasteiger partial charge in [-0.2, -0.15) is 0 Å². The van der Waals surface area contributed by atoms with Crippen LogP contribution in [0.2, 0.25) is 0 Å². The van der Waals surface area contributed by atoms with Crippen molar-refractivity contribution in [2.45, 2.75) is 33.2 Å². The molecule has 3 nitrogen and oxygen atoms in total. The topological polar surface area (TPSA) is 32.3 Å². The van der Waals surface area contributed by atoms with Crippen LogP contribution in [0.3, 0.4) is 0 Å². The normalized spacial score (nSPS) is 24.1. The van der Waals surface area contributed by atoms with Crippen LogP contribution in [0.5, 0.6) is 0 Å². The highest BCUT2D eigenvalue weighted by molar-refractivity contribution is 5.77. The summed E-state index contributed by atoms with van der Waals surface area (Å²) in [7, 11) is 0. The Labute approximate surface area is 86.9 Å². The summed E-state index contributed by atoms with van der Waals surface area (Å²) >= 11 is 0. The summed E-state index contributed by atoms with van der Waals surface area (Å²) in [4.78, 5) is 13.4. The van der Waals surface area contributed by atoms with E-state index >= 15 is 0 Å².